The molecule has 0 unspecified atom stereocenters. The van der Waals surface area contributed by atoms with E-state index < -0.39 is 33.7 Å². The molecule has 0 aliphatic carbocycles. The Bertz CT molecular complexity index is 1820. The number of piperazine rings is 1. The molecule has 2 aliphatic rings. The molecule has 9 nitrogen and oxygen atoms in total. The zero-order valence-electron chi connectivity index (χ0n) is 25.2. The molecule has 0 saturated carbocycles. The van der Waals surface area contributed by atoms with E-state index in [1.807, 2.05) is 24.3 Å². The number of nitrogens with zero attached hydrogens (tertiary/aromatic N) is 5. The van der Waals surface area contributed by atoms with Gasteiger partial charge in [-0.1, -0.05) is 29.8 Å². The number of hydrogen-bond donors (Lipinski definition) is 1. The molecule has 1 N–H and O–H groups in total. The molecule has 47 heavy (non-hydrogen) atoms. The highest BCUT2D eigenvalue weighted by molar-refractivity contribution is 7.91. The van der Waals surface area contributed by atoms with Crippen LogP contribution in [-0.2, 0) is 34.1 Å². The lowest BCUT2D eigenvalue weighted by Crippen LogP contribution is -2.46. The number of nitrogens with one attached hydrogen (secondary N) is 1. The molecule has 1 amide bonds. The van der Waals surface area contributed by atoms with Gasteiger partial charge in [0.2, 0.25) is 5.91 Å². The van der Waals surface area contributed by atoms with Crippen LogP contribution in [-0.4, -0.2) is 72.3 Å². The lowest BCUT2D eigenvalue weighted by atomic mass is 10.1. The quantitative estimate of drug-likeness (QED) is 0.240. The zero-order valence-corrected chi connectivity index (χ0v) is 27.5. The van der Waals surface area contributed by atoms with Crippen molar-refractivity contribution in [2.45, 2.75) is 42.4 Å². The van der Waals surface area contributed by atoms with Crippen molar-refractivity contribution in [3.05, 3.63) is 94.1 Å². The van der Waals surface area contributed by atoms with Crippen LogP contribution in [0, 0.1) is 0 Å². The second-order valence-corrected chi connectivity index (χ2v) is 15.3. The van der Waals surface area contributed by atoms with Crippen molar-refractivity contribution >= 4 is 44.7 Å². The van der Waals surface area contributed by atoms with Crippen LogP contribution in [0.15, 0.2) is 77.1 Å². The summed E-state index contributed by atoms with van der Waals surface area (Å²) < 4.78 is 67.9. The van der Waals surface area contributed by atoms with Crippen LogP contribution in [0.2, 0.25) is 4.34 Å². The van der Waals surface area contributed by atoms with Gasteiger partial charge >= 0.3 is 6.18 Å². The molecule has 248 valence electrons. The maximum atomic E-state index is 13.4. The van der Waals surface area contributed by atoms with Crippen molar-refractivity contribution in [3.8, 4) is 11.3 Å². The van der Waals surface area contributed by atoms with Gasteiger partial charge in [0.1, 0.15) is 16.1 Å². The van der Waals surface area contributed by atoms with E-state index in [1.165, 1.54) is 28.6 Å². The molecule has 3 aromatic heterocycles. The lowest BCUT2D eigenvalue weighted by Gasteiger charge is -2.35. The van der Waals surface area contributed by atoms with Gasteiger partial charge in [0.05, 0.1) is 21.3 Å². The third-order valence-corrected chi connectivity index (χ3v) is 11.9. The fourth-order valence-electron chi connectivity index (χ4n) is 5.82. The molecule has 5 heterocycles. The molecule has 1 atom stereocenters. The summed E-state index contributed by atoms with van der Waals surface area (Å²) in [4.78, 5) is 27.0. The van der Waals surface area contributed by atoms with Gasteiger partial charge in [0.15, 0.2) is 0 Å². The number of halogens is 4. The second-order valence-electron chi connectivity index (χ2n) is 11.4. The molecule has 2 saturated heterocycles. The molecule has 15 heteroatoms. The molecule has 2 aliphatic heterocycles. The Morgan fingerprint density at radius 1 is 1.00 bits per heavy atom. The maximum Gasteiger partial charge on any atom is 0.416 e. The van der Waals surface area contributed by atoms with E-state index >= 15 is 0 Å². The fourth-order valence-corrected chi connectivity index (χ4v) is 9.09. The Hall–Kier alpha value is -3.56. The van der Waals surface area contributed by atoms with Crippen molar-refractivity contribution in [2.75, 3.05) is 37.6 Å². The van der Waals surface area contributed by atoms with Gasteiger partial charge in [0.25, 0.3) is 10.0 Å². The Morgan fingerprint density at radius 3 is 2.43 bits per heavy atom. The summed E-state index contributed by atoms with van der Waals surface area (Å²) in [6.07, 6.45) is -1.77. The minimum Gasteiger partial charge on any atom is -0.354 e. The minimum atomic E-state index is -4.46. The number of aromatic nitrogens is 2. The first-order chi connectivity index (χ1) is 22.5. The number of carbonyl (C=O) groups is 1. The first-order valence-corrected chi connectivity index (χ1v) is 17.7. The van der Waals surface area contributed by atoms with Crippen LogP contribution in [0.5, 0.6) is 0 Å². The van der Waals surface area contributed by atoms with E-state index in [0.29, 0.717) is 52.9 Å². The summed E-state index contributed by atoms with van der Waals surface area (Å²) in [7, 11) is -3.90. The highest BCUT2D eigenvalue weighted by atomic mass is 35.5. The number of rotatable bonds is 9. The topological polar surface area (TPSA) is 98.7 Å². The summed E-state index contributed by atoms with van der Waals surface area (Å²) >= 11 is 6.92. The predicted octanol–water partition coefficient (Wildman–Crippen LogP) is 5.67. The van der Waals surface area contributed by atoms with E-state index in [1.54, 1.807) is 12.3 Å². The summed E-state index contributed by atoms with van der Waals surface area (Å²) in [5.41, 5.74) is 1.88. The van der Waals surface area contributed by atoms with Crippen molar-refractivity contribution in [2.24, 2.45) is 0 Å². The van der Waals surface area contributed by atoms with E-state index in [9.17, 15) is 26.4 Å². The molecular weight excluding hydrogens is 673 g/mol. The van der Waals surface area contributed by atoms with Crippen LogP contribution >= 0.6 is 22.9 Å². The third-order valence-electron chi connectivity index (χ3n) is 8.27. The Morgan fingerprint density at radius 2 is 1.77 bits per heavy atom. The van der Waals surface area contributed by atoms with Crippen molar-refractivity contribution < 1.29 is 26.4 Å². The number of alkyl halides is 3. The van der Waals surface area contributed by atoms with Gasteiger partial charge in [0, 0.05) is 57.6 Å². The van der Waals surface area contributed by atoms with Crippen molar-refractivity contribution in [1.29, 1.82) is 0 Å². The first kappa shape index (κ1) is 33.3. The normalized spacial score (nSPS) is 18.0. The number of carbonyl (C=O) groups excluding carboxylic acids is 1. The average molecular weight is 705 g/mol. The summed E-state index contributed by atoms with van der Waals surface area (Å²) in [6, 6.07) is 16.3. The Labute approximate surface area is 280 Å². The molecule has 1 aromatic carbocycles. The summed E-state index contributed by atoms with van der Waals surface area (Å²) in [5.74, 6) is 0.218. The number of sulfonamides is 1. The molecule has 4 aromatic rings. The van der Waals surface area contributed by atoms with Gasteiger partial charge < -0.3 is 10.2 Å². The molecule has 0 radical (unpaired) electrons. The summed E-state index contributed by atoms with van der Waals surface area (Å²) in [5, 5.41) is 2.89. The third kappa shape index (κ3) is 7.78. The van der Waals surface area contributed by atoms with Crippen LogP contribution in [0.4, 0.5) is 19.0 Å². The van der Waals surface area contributed by atoms with E-state index in [4.69, 9.17) is 16.6 Å². The maximum absolute atomic E-state index is 13.4. The van der Waals surface area contributed by atoms with Gasteiger partial charge in [-0.2, -0.15) is 17.5 Å². The number of benzene rings is 1. The molecule has 0 bridgehead atoms. The van der Waals surface area contributed by atoms with Crippen LogP contribution < -0.4 is 10.2 Å². The van der Waals surface area contributed by atoms with Gasteiger partial charge in [-0.3, -0.25) is 14.7 Å². The van der Waals surface area contributed by atoms with Gasteiger partial charge in [-0.15, -0.1) is 11.3 Å². The molecular formula is C32H32ClF3N6O3S2. The van der Waals surface area contributed by atoms with Crippen LogP contribution in [0.1, 0.15) is 29.7 Å². The highest BCUT2D eigenvalue weighted by Crippen LogP contribution is 2.33. The van der Waals surface area contributed by atoms with Crippen LogP contribution in [0.3, 0.4) is 0 Å². The Kier molecular flexibility index (Phi) is 9.85. The largest absolute Gasteiger partial charge is 0.416 e. The predicted molar refractivity (Wildman–Crippen MR) is 174 cm³/mol. The number of anilines is 1. The van der Waals surface area contributed by atoms with E-state index in [2.05, 4.69) is 20.1 Å². The number of thiophene rings is 1. The smallest absolute Gasteiger partial charge is 0.354 e. The van der Waals surface area contributed by atoms with Crippen molar-refractivity contribution in [1.82, 2.24) is 24.5 Å². The SMILES string of the molecule is O=C(NCc1cc(-c2ccc(C(F)(F)F)cc2)nc(N2CCN(Cc3ccccn3)CC2)c1)[C@@H]1CCCN1S(=O)(=O)c1ccc(Cl)s1. The molecule has 2 fully saturated rings. The average Bonchev–Trinajstić information content (AvgIpc) is 3.75. The zero-order chi connectivity index (χ0) is 33.2. The van der Waals surface area contributed by atoms with E-state index in [0.717, 1.165) is 48.8 Å². The molecule has 6 rings (SSSR count). The van der Waals surface area contributed by atoms with Crippen molar-refractivity contribution in [3.63, 3.8) is 0 Å². The van der Waals surface area contributed by atoms with E-state index in [-0.39, 0.29) is 17.3 Å². The highest BCUT2D eigenvalue weighted by Gasteiger charge is 2.40. The van der Waals surface area contributed by atoms with Gasteiger partial charge in [-0.05, 0) is 66.9 Å². The Balaban J connectivity index is 1.20. The standard InChI is InChI=1S/C32H32ClF3N6O3S2/c33-28-10-11-30(46-28)47(44,45)42-13-3-5-27(42)31(43)38-20-22-18-26(23-6-8-24(9-7-23)32(34,35)36)39-29(19-22)41-16-14-40(15-17-41)21-25-4-1-2-12-37-25/h1-2,4,6-12,18-19,27H,3,5,13-17,20-21H2,(H,38,43)/t27-/m0/s1. The summed E-state index contributed by atoms with van der Waals surface area (Å²) in [6.45, 7) is 3.88. The second kappa shape index (κ2) is 13.9. The number of pyridine rings is 2. The first-order valence-electron chi connectivity index (χ1n) is 15.1. The number of amides is 1. The fraction of sp³-hybridized carbons (Fsp3) is 0.344. The monoisotopic (exact) mass is 704 g/mol. The minimum absolute atomic E-state index is 0.0802. The number of hydrogen-bond acceptors (Lipinski definition) is 8. The van der Waals surface area contributed by atoms with Gasteiger partial charge in [-0.25, -0.2) is 13.4 Å². The van der Waals surface area contributed by atoms with Crippen LogP contribution in [0.25, 0.3) is 11.3 Å². The lowest BCUT2D eigenvalue weighted by molar-refractivity contribution is -0.137. The molecule has 0 spiro atoms.